The van der Waals surface area contributed by atoms with E-state index >= 15 is 0 Å². The lowest BCUT2D eigenvalue weighted by Gasteiger charge is -2.46. The number of hydrogen-bond donors (Lipinski definition) is 0. The van der Waals surface area contributed by atoms with Crippen molar-refractivity contribution in [3.63, 3.8) is 0 Å². The molecule has 1 nitrogen and oxygen atoms in total. The van der Waals surface area contributed by atoms with Crippen LogP contribution < -0.4 is 0 Å². The Morgan fingerprint density at radius 1 is 1.23 bits per heavy atom. The topological polar surface area (TPSA) is 17.1 Å². The van der Waals surface area contributed by atoms with Gasteiger partial charge in [0.2, 0.25) is 0 Å². The molecule has 0 unspecified atom stereocenters. The van der Waals surface area contributed by atoms with Crippen molar-refractivity contribution in [2.75, 3.05) is 0 Å². The van der Waals surface area contributed by atoms with Crippen LogP contribution in [0, 0.1) is 16.7 Å². The molecule has 0 aromatic rings. The van der Waals surface area contributed by atoms with Crippen LogP contribution in [-0.2, 0) is 4.79 Å². The summed E-state index contributed by atoms with van der Waals surface area (Å²) in [4.78, 5) is 11.7. The second kappa shape index (κ2) is 4.44. The van der Waals surface area contributed by atoms with E-state index in [2.05, 4.69) is 45.1 Å². The molecule has 0 fully saturated rings. The van der Waals surface area contributed by atoms with Gasteiger partial charge in [0.05, 0.1) is 0 Å². The van der Waals surface area contributed by atoms with Crippen molar-refractivity contribution in [3.05, 3.63) is 58.7 Å². The van der Waals surface area contributed by atoms with E-state index in [0.29, 0.717) is 5.41 Å². The molecule has 0 radical (unpaired) electrons. The number of ketones is 1. The molecule has 0 amide bonds. The molecule has 0 saturated carbocycles. The summed E-state index contributed by atoms with van der Waals surface area (Å²) < 4.78 is 0. The molecule has 0 aromatic carbocycles. The SMILES string of the molecule is CC[C@H]1CC=C2C3=C(CC[C@@]21C)[C@@]1(C)C=CC(=O)C=C1C=C3. The molecule has 0 saturated heterocycles. The molecule has 0 N–H and O–H groups in total. The van der Waals surface area contributed by atoms with Crippen LogP contribution in [0.15, 0.2) is 58.7 Å². The molecular formula is C21H24O. The minimum absolute atomic E-state index is 0.0789. The van der Waals surface area contributed by atoms with Crippen molar-refractivity contribution in [1.29, 1.82) is 0 Å². The molecule has 0 bridgehead atoms. The molecule has 4 aliphatic rings. The van der Waals surface area contributed by atoms with E-state index in [-0.39, 0.29) is 11.2 Å². The van der Waals surface area contributed by atoms with Crippen molar-refractivity contribution < 1.29 is 4.79 Å². The summed E-state index contributed by atoms with van der Waals surface area (Å²) in [5, 5.41) is 0. The fraction of sp³-hybridized carbons (Fsp3) is 0.476. The van der Waals surface area contributed by atoms with Crippen LogP contribution in [0.5, 0.6) is 0 Å². The van der Waals surface area contributed by atoms with Gasteiger partial charge in [0.25, 0.3) is 0 Å². The Morgan fingerprint density at radius 2 is 2.05 bits per heavy atom. The molecular weight excluding hydrogens is 268 g/mol. The van der Waals surface area contributed by atoms with Crippen molar-refractivity contribution in [2.45, 2.75) is 46.5 Å². The van der Waals surface area contributed by atoms with Gasteiger partial charge in [-0.3, -0.25) is 4.79 Å². The lowest BCUT2D eigenvalue weighted by atomic mass is 9.58. The van der Waals surface area contributed by atoms with Crippen LogP contribution in [0.4, 0.5) is 0 Å². The zero-order chi connectivity index (χ0) is 15.5. The Kier molecular flexibility index (Phi) is 2.82. The molecule has 0 aliphatic heterocycles. The summed E-state index contributed by atoms with van der Waals surface area (Å²) in [6.07, 6.45) is 17.5. The summed E-state index contributed by atoms with van der Waals surface area (Å²) >= 11 is 0. The third-order valence-corrected chi connectivity index (χ3v) is 6.66. The minimum atomic E-state index is -0.0789. The van der Waals surface area contributed by atoms with E-state index in [9.17, 15) is 4.79 Å². The average molecular weight is 292 g/mol. The molecule has 0 aromatic heterocycles. The monoisotopic (exact) mass is 292 g/mol. The molecule has 1 heteroatoms. The summed E-state index contributed by atoms with van der Waals surface area (Å²) in [7, 11) is 0. The van der Waals surface area contributed by atoms with Gasteiger partial charge < -0.3 is 0 Å². The summed E-state index contributed by atoms with van der Waals surface area (Å²) in [5.74, 6) is 0.908. The van der Waals surface area contributed by atoms with Gasteiger partial charge in [-0.2, -0.15) is 0 Å². The van der Waals surface area contributed by atoms with E-state index in [0.717, 1.165) is 17.9 Å². The number of carbonyl (C=O) groups excluding carboxylic acids is 1. The normalized spacial score (nSPS) is 39.2. The van der Waals surface area contributed by atoms with Crippen molar-refractivity contribution in [2.24, 2.45) is 16.7 Å². The first kappa shape index (κ1) is 14.0. The van der Waals surface area contributed by atoms with Gasteiger partial charge in [0.15, 0.2) is 5.78 Å². The lowest BCUT2D eigenvalue weighted by Crippen LogP contribution is -2.35. The number of rotatable bonds is 1. The summed E-state index contributed by atoms with van der Waals surface area (Å²) in [5.41, 5.74) is 5.98. The van der Waals surface area contributed by atoms with E-state index < -0.39 is 0 Å². The van der Waals surface area contributed by atoms with Crippen LogP contribution in [0.25, 0.3) is 0 Å². The Hall–Kier alpha value is -1.63. The Balaban J connectivity index is 1.85. The Morgan fingerprint density at radius 3 is 2.82 bits per heavy atom. The van der Waals surface area contributed by atoms with Crippen LogP contribution in [-0.4, -0.2) is 5.78 Å². The zero-order valence-electron chi connectivity index (χ0n) is 13.8. The molecule has 4 aliphatic carbocycles. The molecule has 22 heavy (non-hydrogen) atoms. The van der Waals surface area contributed by atoms with Gasteiger partial charge in [0.1, 0.15) is 0 Å². The molecule has 0 heterocycles. The highest BCUT2D eigenvalue weighted by atomic mass is 16.1. The quantitative estimate of drug-likeness (QED) is 0.658. The van der Waals surface area contributed by atoms with Crippen LogP contribution >= 0.6 is 0 Å². The number of allylic oxidation sites excluding steroid dienone is 10. The van der Waals surface area contributed by atoms with Gasteiger partial charge in [-0.25, -0.2) is 0 Å². The van der Waals surface area contributed by atoms with E-state index in [1.165, 1.54) is 30.4 Å². The molecule has 114 valence electrons. The molecule has 0 spiro atoms. The molecule has 4 rings (SSSR count). The predicted octanol–water partition coefficient (Wildman–Crippen LogP) is 5.08. The highest BCUT2D eigenvalue weighted by molar-refractivity contribution is 6.02. The number of hydrogen-bond acceptors (Lipinski definition) is 1. The van der Waals surface area contributed by atoms with Gasteiger partial charge in [-0.15, -0.1) is 0 Å². The number of fused-ring (bicyclic) bond motifs is 4. The van der Waals surface area contributed by atoms with Crippen molar-refractivity contribution in [3.8, 4) is 0 Å². The number of carbonyl (C=O) groups is 1. The zero-order valence-corrected chi connectivity index (χ0v) is 13.8. The maximum atomic E-state index is 11.7. The van der Waals surface area contributed by atoms with Gasteiger partial charge in [-0.1, -0.05) is 44.6 Å². The third-order valence-electron chi connectivity index (χ3n) is 6.66. The van der Waals surface area contributed by atoms with E-state index in [4.69, 9.17) is 0 Å². The third kappa shape index (κ3) is 1.63. The molecule has 3 atom stereocenters. The van der Waals surface area contributed by atoms with Crippen LogP contribution in [0.2, 0.25) is 0 Å². The maximum Gasteiger partial charge on any atom is 0.178 e. The predicted molar refractivity (Wildman–Crippen MR) is 90.3 cm³/mol. The standard InChI is InChI=1S/C21H24O/c1-4-14-6-8-18-17-7-5-15-13-16(22)9-11-21(15,3)19(17)10-12-20(14,18)2/h5,7-9,11,13-14H,4,6,10,12H2,1-3H3/t14-,20+,21-/m0/s1. The van der Waals surface area contributed by atoms with E-state index in [1.54, 1.807) is 11.6 Å². The summed E-state index contributed by atoms with van der Waals surface area (Å²) in [6.45, 7) is 7.06. The second-order valence-corrected chi connectivity index (χ2v) is 7.64. The Bertz CT molecular complexity index is 712. The van der Waals surface area contributed by atoms with E-state index in [1.807, 2.05) is 6.08 Å². The van der Waals surface area contributed by atoms with Crippen LogP contribution in [0.3, 0.4) is 0 Å². The first-order chi connectivity index (χ1) is 10.5. The highest BCUT2D eigenvalue weighted by Crippen LogP contribution is 2.60. The van der Waals surface area contributed by atoms with Gasteiger partial charge >= 0.3 is 0 Å². The average Bonchev–Trinajstić information content (AvgIpc) is 2.84. The van der Waals surface area contributed by atoms with Gasteiger partial charge in [-0.05, 0) is 72.0 Å². The first-order valence-electron chi connectivity index (χ1n) is 8.57. The largest absolute Gasteiger partial charge is 0.290 e. The smallest absolute Gasteiger partial charge is 0.178 e. The van der Waals surface area contributed by atoms with Crippen molar-refractivity contribution in [1.82, 2.24) is 0 Å². The van der Waals surface area contributed by atoms with Crippen LogP contribution in [0.1, 0.15) is 46.5 Å². The second-order valence-electron chi connectivity index (χ2n) is 7.64. The summed E-state index contributed by atoms with van der Waals surface area (Å²) in [6, 6.07) is 0. The lowest BCUT2D eigenvalue weighted by molar-refractivity contribution is -0.110. The Labute approximate surface area is 133 Å². The van der Waals surface area contributed by atoms with Crippen molar-refractivity contribution >= 4 is 5.78 Å². The fourth-order valence-corrected chi connectivity index (χ4v) is 5.12. The highest BCUT2D eigenvalue weighted by Gasteiger charge is 2.48. The minimum Gasteiger partial charge on any atom is -0.290 e. The first-order valence-corrected chi connectivity index (χ1v) is 8.57. The fourth-order valence-electron chi connectivity index (χ4n) is 5.12. The van der Waals surface area contributed by atoms with Gasteiger partial charge in [0, 0.05) is 5.41 Å². The maximum absolute atomic E-state index is 11.7.